The van der Waals surface area contributed by atoms with E-state index in [9.17, 15) is 9.90 Å². The zero-order chi connectivity index (χ0) is 15.2. The highest BCUT2D eigenvalue weighted by Crippen LogP contribution is 2.18. The summed E-state index contributed by atoms with van der Waals surface area (Å²) in [6.45, 7) is 1.70. The SMILES string of the molecule is Cc1c(Cl)cccc1C(=O)NC(CO)Cc1ccccc1. The topological polar surface area (TPSA) is 49.3 Å². The number of hydrogen-bond donors (Lipinski definition) is 2. The Hall–Kier alpha value is -1.84. The molecule has 0 saturated heterocycles. The predicted molar refractivity (Wildman–Crippen MR) is 84.7 cm³/mol. The molecular weight excluding hydrogens is 286 g/mol. The second-order valence-corrected chi connectivity index (χ2v) is 5.36. The molecule has 2 N–H and O–H groups in total. The van der Waals surface area contributed by atoms with Gasteiger partial charge in [-0.25, -0.2) is 0 Å². The fourth-order valence-corrected chi connectivity index (χ4v) is 2.35. The standard InChI is InChI=1S/C17H18ClNO2/c1-12-15(8-5-9-16(12)18)17(21)19-14(11-20)10-13-6-3-2-4-7-13/h2-9,14,20H,10-11H2,1H3,(H,19,21). The minimum absolute atomic E-state index is 0.111. The van der Waals surface area contributed by atoms with Crippen molar-refractivity contribution in [2.24, 2.45) is 0 Å². The first-order chi connectivity index (χ1) is 10.1. The third-order valence-electron chi connectivity index (χ3n) is 3.39. The Morgan fingerprint density at radius 2 is 1.90 bits per heavy atom. The molecule has 2 aromatic rings. The molecule has 3 nitrogen and oxygen atoms in total. The maximum Gasteiger partial charge on any atom is 0.251 e. The Kier molecular flexibility index (Phi) is 5.37. The van der Waals surface area contributed by atoms with Gasteiger partial charge in [0, 0.05) is 10.6 Å². The van der Waals surface area contributed by atoms with Gasteiger partial charge < -0.3 is 10.4 Å². The van der Waals surface area contributed by atoms with Crippen molar-refractivity contribution in [2.45, 2.75) is 19.4 Å². The zero-order valence-corrected chi connectivity index (χ0v) is 12.6. The summed E-state index contributed by atoms with van der Waals surface area (Å²) in [6, 6.07) is 14.7. The Labute approximate surface area is 129 Å². The summed E-state index contributed by atoms with van der Waals surface area (Å²) in [6.07, 6.45) is 0.586. The summed E-state index contributed by atoms with van der Waals surface area (Å²) in [5.41, 5.74) is 2.35. The number of aliphatic hydroxyl groups is 1. The van der Waals surface area contributed by atoms with Crippen molar-refractivity contribution in [2.75, 3.05) is 6.61 Å². The van der Waals surface area contributed by atoms with Crippen LogP contribution in [0.1, 0.15) is 21.5 Å². The molecule has 0 aromatic heterocycles. The lowest BCUT2D eigenvalue weighted by Crippen LogP contribution is -2.39. The summed E-state index contributed by atoms with van der Waals surface area (Å²) in [7, 11) is 0. The van der Waals surface area contributed by atoms with Gasteiger partial charge in [0.2, 0.25) is 0 Å². The first-order valence-corrected chi connectivity index (χ1v) is 7.20. The number of amides is 1. The van der Waals surface area contributed by atoms with Crippen LogP contribution in [0.5, 0.6) is 0 Å². The molecule has 0 spiro atoms. The van der Waals surface area contributed by atoms with Crippen LogP contribution in [-0.2, 0) is 6.42 Å². The summed E-state index contributed by atoms with van der Waals surface area (Å²) in [5.74, 6) is -0.218. The van der Waals surface area contributed by atoms with Gasteiger partial charge in [-0.3, -0.25) is 4.79 Å². The molecule has 4 heteroatoms. The molecular formula is C17H18ClNO2. The number of benzene rings is 2. The number of hydrogen-bond acceptors (Lipinski definition) is 2. The Bertz CT molecular complexity index is 613. The van der Waals surface area contributed by atoms with Crippen molar-refractivity contribution in [3.05, 3.63) is 70.2 Å². The van der Waals surface area contributed by atoms with Crippen LogP contribution >= 0.6 is 11.6 Å². The molecule has 0 aliphatic heterocycles. The fourth-order valence-electron chi connectivity index (χ4n) is 2.18. The van der Waals surface area contributed by atoms with Gasteiger partial charge in [-0.2, -0.15) is 0 Å². The first-order valence-electron chi connectivity index (χ1n) is 6.82. The normalized spacial score (nSPS) is 12.0. The summed E-state index contributed by atoms with van der Waals surface area (Å²) in [4.78, 5) is 12.3. The van der Waals surface area contributed by atoms with E-state index < -0.39 is 0 Å². The van der Waals surface area contributed by atoms with Crippen LogP contribution < -0.4 is 5.32 Å². The van der Waals surface area contributed by atoms with Gasteiger partial charge in [0.05, 0.1) is 12.6 Å². The van der Waals surface area contributed by atoms with E-state index in [1.165, 1.54) is 0 Å². The average Bonchev–Trinajstić information content (AvgIpc) is 2.50. The molecule has 2 rings (SSSR count). The molecule has 1 atom stereocenters. The molecule has 2 aromatic carbocycles. The quantitative estimate of drug-likeness (QED) is 0.892. The minimum atomic E-state index is -0.321. The van der Waals surface area contributed by atoms with Gasteiger partial charge in [0.15, 0.2) is 0 Å². The third-order valence-corrected chi connectivity index (χ3v) is 3.80. The zero-order valence-electron chi connectivity index (χ0n) is 11.8. The van der Waals surface area contributed by atoms with Gasteiger partial charge in [0.1, 0.15) is 0 Å². The van der Waals surface area contributed by atoms with E-state index in [2.05, 4.69) is 5.32 Å². The number of rotatable bonds is 5. The van der Waals surface area contributed by atoms with Crippen LogP contribution in [-0.4, -0.2) is 23.7 Å². The fraction of sp³-hybridized carbons (Fsp3) is 0.235. The smallest absolute Gasteiger partial charge is 0.251 e. The van der Waals surface area contributed by atoms with E-state index in [0.717, 1.165) is 11.1 Å². The molecule has 0 saturated carbocycles. The second kappa shape index (κ2) is 7.25. The van der Waals surface area contributed by atoms with E-state index >= 15 is 0 Å². The van der Waals surface area contributed by atoms with E-state index in [0.29, 0.717) is 17.0 Å². The van der Waals surface area contributed by atoms with Gasteiger partial charge in [-0.05, 0) is 36.6 Å². The van der Waals surface area contributed by atoms with Crippen molar-refractivity contribution in [1.29, 1.82) is 0 Å². The average molecular weight is 304 g/mol. The Morgan fingerprint density at radius 3 is 2.57 bits per heavy atom. The Morgan fingerprint density at radius 1 is 1.19 bits per heavy atom. The molecule has 21 heavy (non-hydrogen) atoms. The van der Waals surface area contributed by atoms with E-state index in [1.807, 2.05) is 37.3 Å². The van der Waals surface area contributed by atoms with Gasteiger partial charge in [0.25, 0.3) is 5.91 Å². The van der Waals surface area contributed by atoms with Gasteiger partial charge >= 0.3 is 0 Å². The molecule has 110 valence electrons. The summed E-state index contributed by atoms with van der Waals surface area (Å²) >= 11 is 6.03. The Balaban J connectivity index is 2.08. The highest BCUT2D eigenvalue weighted by molar-refractivity contribution is 6.31. The number of halogens is 1. The first kappa shape index (κ1) is 15.5. The molecule has 0 fully saturated rings. The lowest BCUT2D eigenvalue weighted by molar-refractivity contribution is 0.0916. The van der Waals surface area contributed by atoms with Gasteiger partial charge in [-0.1, -0.05) is 48.0 Å². The molecule has 0 aliphatic carbocycles. The van der Waals surface area contributed by atoms with Crippen molar-refractivity contribution >= 4 is 17.5 Å². The maximum absolute atomic E-state index is 12.3. The molecule has 1 amide bonds. The van der Waals surface area contributed by atoms with E-state index in [4.69, 9.17) is 11.6 Å². The van der Waals surface area contributed by atoms with Crippen LogP contribution in [0.3, 0.4) is 0 Å². The number of nitrogens with one attached hydrogen (secondary N) is 1. The highest BCUT2D eigenvalue weighted by Gasteiger charge is 2.16. The summed E-state index contributed by atoms with van der Waals surface area (Å²) in [5, 5.41) is 12.9. The molecule has 1 unspecified atom stereocenters. The van der Waals surface area contributed by atoms with Crippen molar-refractivity contribution < 1.29 is 9.90 Å². The van der Waals surface area contributed by atoms with E-state index in [-0.39, 0.29) is 18.6 Å². The highest BCUT2D eigenvalue weighted by atomic mass is 35.5. The molecule has 0 bridgehead atoms. The largest absolute Gasteiger partial charge is 0.394 e. The summed E-state index contributed by atoms with van der Waals surface area (Å²) < 4.78 is 0. The molecule has 0 radical (unpaired) electrons. The number of carbonyl (C=O) groups excluding carboxylic acids is 1. The van der Waals surface area contributed by atoms with Crippen molar-refractivity contribution in [1.82, 2.24) is 5.32 Å². The van der Waals surface area contributed by atoms with Crippen LogP contribution in [0, 0.1) is 6.92 Å². The monoisotopic (exact) mass is 303 g/mol. The second-order valence-electron chi connectivity index (χ2n) is 4.96. The number of aliphatic hydroxyl groups excluding tert-OH is 1. The van der Waals surface area contributed by atoms with Crippen LogP contribution in [0.15, 0.2) is 48.5 Å². The predicted octanol–water partition coefficient (Wildman–Crippen LogP) is 2.98. The van der Waals surface area contributed by atoms with Gasteiger partial charge in [-0.15, -0.1) is 0 Å². The third kappa shape index (κ3) is 4.06. The number of carbonyl (C=O) groups is 1. The lowest BCUT2D eigenvalue weighted by atomic mass is 10.0. The van der Waals surface area contributed by atoms with Crippen LogP contribution in [0.25, 0.3) is 0 Å². The van der Waals surface area contributed by atoms with Crippen LogP contribution in [0.2, 0.25) is 5.02 Å². The van der Waals surface area contributed by atoms with Crippen molar-refractivity contribution in [3.8, 4) is 0 Å². The minimum Gasteiger partial charge on any atom is -0.394 e. The van der Waals surface area contributed by atoms with E-state index in [1.54, 1.807) is 18.2 Å². The molecule has 0 heterocycles. The van der Waals surface area contributed by atoms with Crippen molar-refractivity contribution in [3.63, 3.8) is 0 Å². The lowest BCUT2D eigenvalue weighted by Gasteiger charge is -2.17. The molecule has 0 aliphatic rings. The maximum atomic E-state index is 12.3. The van der Waals surface area contributed by atoms with Crippen LogP contribution in [0.4, 0.5) is 0 Å².